The Morgan fingerprint density at radius 3 is 2.80 bits per heavy atom. The van der Waals surface area contributed by atoms with E-state index in [-0.39, 0.29) is 5.41 Å². The largest absolute Gasteiger partial charge is 0.465 e. The summed E-state index contributed by atoms with van der Waals surface area (Å²) >= 11 is 0. The van der Waals surface area contributed by atoms with Crippen molar-refractivity contribution in [3.05, 3.63) is 29.7 Å². The van der Waals surface area contributed by atoms with E-state index in [1.807, 2.05) is 12.1 Å². The molecule has 1 aliphatic rings. The predicted molar refractivity (Wildman–Crippen MR) is 62.3 cm³/mol. The molecule has 0 unspecified atom stereocenters. The number of hydrogen-bond acceptors (Lipinski definition) is 2. The molecule has 1 aliphatic carbocycles. The average Bonchev–Trinajstić information content (AvgIpc) is 2.87. The van der Waals surface area contributed by atoms with Crippen LogP contribution in [0.25, 0.3) is 6.08 Å². The standard InChI is InChI=1S/C13H19NO/c1-11(9-12-5-4-8-15-12)13(10-14)6-2-3-7-13/h4-5,8-9H,2-3,6-7,10,14H2,1H3/b11-9+. The highest BCUT2D eigenvalue weighted by molar-refractivity contribution is 5.49. The third kappa shape index (κ3) is 2.00. The number of nitrogens with two attached hydrogens (primary N) is 1. The van der Waals surface area contributed by atoms with Gasteiger partial charge in [-0.05, 0) is 38.0 Å². The molecule has 82 valence electrons. The molecule has 0 saturated heterocycles. The minimum absolute atomic E-state index is 0.243. The summed E-state index contributed by atoms with van der Waals surface area (Å²) in [6.07, 6.45) is 8.92. The van der Waals surface area contributed by atoms with E-state index in [0.717, 1.165) is 12.3 Å². The molecule has 2 heteroatoms. The van der Waals surface area contributed by atoms with E-state index >= 15 is 0 Å². The summed E-state index contributed by atoms with van der Waals surface area (Å²) < 4.78 is 5.34. The van der Waals surface area contributed by atoms with Crippen LogP contribution >= 0.6 is 0 Å². The van der Waals surface area contributed by atoms with E-state index in [1.54, 1.807) is 6.26 Å². The normalized spacial score (nSPS) is 20.8. The van der Waals surface area contributed by atoms with Gasteiger partial charge in [0.1, 0.15) is 5.76 Å². The van der Waals surface area contributed by atoms with Gasteiger partial charge < -0.3 is 10.2 Å². The van der Waals surface area contributed by atoms with Crippen LogP contribution in [0, 0.1) is 5.41 Å². The van der Waals surface area contributed by atoms with Gasteiger partial charge in [0.2, 0.25) is 0 Å². The smallest absolute Gasteiger partial charge is 0.126 e. The topological polar surface area (TPSA) is 39.2 Å². The molecule has 0 amide bonds. The van der Waals surface area contributed by atoms with Gasteiger partial charge in [-0.1, -0.05) is 18.4 Å². The first-order valence-corrected chi connectivity index (χ1v) is 5.69. The van der Waals surface area contributed by atoms with E-state index in [1.165, 1.54) is 31.3 Å². The molecule has 0 spiro atoms. The maximum Gasteiger partial charge on any atom is 0.126 e. The minimum Gasteiger partial charge on any atom is -0.465 e. The number of hydrogen-bond donors (Lipinski definition) is 1. The first-order chi connectivity index (χ1) is 7.27. The van der Waals surface area contributed by atoms with Crippen LogP contribution in [0.1, 0.15) is 38.4 Å². The van der Waals surface area contributed by atoms with Gasteiger partial charge in [-0.3, -0.25) is 0 Å². The second-order valence-electron chi connectivity index (χ2n) is 4.53. The SMILES string of the molecule is C/C(=C\c1ccco1)C1(CN)CCCC1. The van der Waals surface area contributed by atoms with Crippen molar-refractivity contribution in [3.8, 4) is 0 Å². The van der Waals surface area contributed by atoms with Crippen LogP contribution in [0.5, 0.6) is 0 Å². The van der Waals surface area contributed by atoms with E-state index in [4.69, 9.17) is 10.2 Å². The third-order valence-electron chi connectivity index (χ3n) is 3.69. The Bertz CT molecular complexity index is 331. The molecule has 0 bridgehead atoms. The molecule has 0 radical (unpaired) electrons. The lowest BCUT2D eigenvalue weighted by atomic mass is 9.79. The summed E-state index contributed by atoms with van der Waals surface area (Å²) in [6.45, 7) is 2.94. The number of furan rings is 1. The van der Waals surface area contributed by atoms with Gasteiger partial charge in [-0.15, -0.1) is 0 Å². The van der Waals surface area contributed by atoms with Crippen LogP contribution in [0.4, 0.5) is 0 Å². The molecule has 1 aromatic heterocycles. The Kier molecular flexibility index (Phi) is 2.96. The van der Waals surface area contributed by atoms with Gasteiger partial charge in [0.05, 0.1) is 6.26 Å². The summed E-state index contributed by atoms with van der Waals surface area (Å²) in [5.74, 6) is 0.937. The Labute approximate surface area is 91.2 Å². The molecule has 1 saturated carbocycles. The van der Waals surface area contributed by atoms with Crippen molar-refractivity contribution in [1.29, 1.82) is 0 Å². The van der Waals surface area contributed by atoms with Crippen molar-refractivity contribution in [2.24, 2.45) is 11.1 Å². The second kappa shape index (κ2) is 4.23. The summed E-state index contributed by atoms with van der Waals surface area (Å²) in [4.78, 5) is 0. The molecule has 1 heterocycles. The molecular weight excluding hydrogens is 186 g/mol. The Hall–Kier alpha value is -1.02. The molecule has 0 aromatic carbocycles. The zero-order valence-corrected chi connectivity index (χ0v) is 9.33. The average molecular weight is 205 g/mol. The van der Waals surface area contributed by atoms with Gasteiger partial charge in [0.15, 0.2) is 0 Å². The maximum atomic E-state index is 5.93. The molecule has 0 atom stereocenters. The first kappa shape index (κ1) is 10.5. The van der Waals surface area contributed by atoms with E-state index in [2.05, 4.69) is 13.0 Å². The highest BCUT2D eigenvalue weighted by Gasteiger charge is 2.33. The zero-order valence-electron chi connectivity index (χ0n) is 9.33. The molecule has 2 rings (SSSR count). The molecule has 1 fully saturated rings. The molecule has 0 aliphatic heterocycles. The Morgan fingerprint density at radius 1 is 1.53 bits per heavy atom. The maximum absolute atomic E-state index is 5.93. The summed E-state index contributed by atoms with van der Waals surface area (Å²) in [7, 11) is 0. The van der Waals surface area contributed by atoms with Crippen molar-refractivity contribution in [1.82, 2.24) is 0 Å². The van der Waals surface area contributed by atoms with E-state index in [0.29, 0.717) is 0 Å². The van der Waals surface area contributed by atoms with Crippen LogP contribution in [-0.2, 0) is 0 Å². The number of rotatable bonds is 3. The van der Waals surface area contributed by atoms with Crippen LogP contribution < -0.4 is 5.73 Å². The van der Waals surface area contributed by atoms with Crippen LogP contribution in [0.3, 0.4) is 0 Å². The lowest BCUT2D eigenvalue weighted by Gasteiger charge is -2.28. The third-order valence-corrected chi connectivity index (χ3v) is 3.69. The van der Waals surface area contributed by atoms with Crippen molar-refractivity contribution in [2.75, 3.05) is 6.54 Å². The van der Waals surface area contributed by atoms with Crippen molar-refractivity contribution >= 4 is 6.08 Å². The monoisotopic (exact) mass is 205 g/mol. The van der Waals surface area contributed by atoms with Crippen LogP contribution in [0.15, 0.2) is 28.4 Å². The van der Waals surface area contributed by atoms with Gasteiger partial charge in [-0.25, -0.2) is 0 Å². The van der Waals surface area contributed by atoms with Gasteiger partial charge in [0.25, 0.3) is 0 Å². The van der Waals surface area contributed by atoms with E-state index < -0.39 is 0 Å². The van der Waals surface area contributed by atoms with Gasteiger partial charge in [0, 0.05) is 12.0 Å². The predicted octanol–water partition coefficient (Wildman–Crippen LogP) is 3.20. The fraction of sp³-hybridized carbons (Fsp3) is 0.538. The molecule has 2 nitrogen and oxygen atoms in total. The lowest BCUT2D eigenvalue weighted by Crippen LogP contribution is -2.28. The second-order valence-corrected chi connectivity index (χ2v) is 4.53. The first-order valence-electron chi connectivity index (χ1n) is 5.69. The van der Waals surface area contributed by atoms with Crippen molar-refractivity contribution in [2.45, 2.75) is 32.6 Å². The Morgan fingerprint density at radius 2 is 2.27 bits per heavy atom. The van der Waals surface area contributed by atoms with Crippen molar-refractivity contribution < 1.29 is 4.42 Å². The highest BCUT2D eigenvalue weighted by Crippen LogP contribution is 2.43. The quantitative estimate of drug-likeness (QED) is 0.823. The van der Waals surface area contributed by atoms with Crippen LogP contribution in [-0.4, -0.2) is 6.54 Å². The van der Waals surface area contributed by atoms with Gasteiger partial charge >= 0.3 is 0 Å². The summed E-state index contributed by atoms with van der Waals surface area (Å²) in [6, 6.07) is 3.91. The summed E-state index contributed by atoms with van der Waals surface area (Å²) in [5, 5.41) is 0. The molecular formula is C13H19NO. The minimum atomic E-state index is 0.243. The fourth-order valence-electron chi connectivity index (χ4n) is 2.55. The van der Waals surface area contributed by atoms with Crippen molar-refractivity contribution in [3.63, 3.8) is 0 Å². The highest BCUT2D eigenvalue weighted by atomic mass is 16.3. The Balaban J connectivity index is 2.21. The van der Waals surface area contributed by atoms with Gasteiger partial charge in [-0.2, -0.15) is 0 Å². The van der Waals surface area contributed by atoms with E-state index in [9.17, 15) is 0 Å². The molecule has 15 heavy (non-hydrogen) atoms. The lowest BCUT2D eigenvalue weighted by molar-refractivity contribution is 0.382. The fourth-order valence-corrected chi connectivity index (χ4v) is 2.55. The molecule has 1 aromatic rings. The van der Waals surface area contributed by atoms with Crippen LogP contribution in [0.2, 0.25) is 0 Å². The molecule has 2 N–H and O–H groups in total. The summed E-state index contributed by atoms with van der Waals surface area (Å²) in [5.41, 5.74) is 7.54. The zero-order chi connectivity index (χ0) is 10.7.